The van der Waals surface area contributed by atoms with E-state index in [-0.39, 0.29) is 16.3 Å². The molecule has 1 aliphatic heterocycles. The third-order valence-electron chi connectivity index (χ3n) is 3.45. The molecule has 0 radical (unpaired) electrons. The molecule has 1 atom stereocenters. The van der Waals surface area contributed by atoms with Crippen molar-refractivity contribution in [2.24, 2.45) is 0 Å². The zero-order valence-corrected chi connectivity index (χ0v) is 13.2. The Morgan fingerprint density at radius 3 is 2.62 bits per heavy atom. The molecule has 0 aromatic heterocycles. The van der Waals surface area contributed by atoms with Gasteiger partial charge in [0.1, 0.15) is 16.5 Å². The van der Waals surface area contributed by atoms with E-state index >= 15 is 0 Å². The fourth-order valence-electron chi connectivity index (χ4n) is 2.31. The van der Waals surface area contributed by atoms with Crippen molar-refractivity contribution in [2.45, 2.75) is 18.0 Å². The van der Waals surface area contributed by atoms with Crippen LogP contribution in [0.15, 0.2) is 41.3 Å². The second-order valence-corrected chi connectivity index (χ2v) is 6.99. The summed E-state index contributed by atoms with van der Waals surface area (Å²) in [5.74, 6) is -2.57. The number of anilines is 2. The number of hydrogen-bond acceptors (Lipinski definition) is 4. The van der Waals surface area contributed by atoms with E-state index in [1.54, 1.807) is 19.1 Å². The lowest BCUT2D eigenvalue weighted by Gasteiger charge is -2.27. The van der Waals surface area contributed by atoms with Crippen LogP contribution in [0, 0.1) is 18.6 Å². The highest BCUT2D eigenvalue weighted by Crippen LogP contribution is 2.27. The largest absolute Gasteiger partial charge is 0.360 e. The SMILES string of the molecule is Cc1ccc2c(c1)NC(C(=O)Nc1ccc(F)cc1F)NS2(=O)=O. The summed E-state index contributed by atoms with van der Waals surface area (Å²) in [6, 6.07) is 7.30. The number of carbonyl (C=O) groups is 1. The predicted octanol–water partition coefficient (Wildman–Crippen LogP) is 1.94. The molecule has 24 heavy (non-hydrogen) atoms. The number of fused-ring (bicyclic) bond motifs is 1. The normalized spacial score (nSPS) is 18.4. The van der Waals surface area contributed by atoms with Gasteiger partial charge in [-0.3, -0.25) is 4.79 Å². The summed E-state index contributed by atoms with van der Waals surface area (Å²) in [5.41, 5.74) is 0.827. The number of hydrogen-bond donors (Lipinski definition) is 3. The van der Waals surface area contributed by atoms with E-state index in [1.165, 1.54) is 6.07 Å². The van der Waals surface area contributed by atoms with Gasteiger partial charge in [0.05, 0.1) is 11.4 Å². The molecule has 2 aromatic rings. The van der Waals surface area contributed by atoms with E-state index in [9.17, 15) is 22.0 Å². The molecular formula is C15H13F2N3O3S. The standard InChI is InChI=1S/C15H13F2N3O3S/c1-8-2-5-13-12(6-8)18-14(20-24(13,22)23)15(21)19-11-4-3-9(16)7-10(11)17/h2-7,14,18,20H,1H3,(H,19,21). The minimum atomic E-state index is -3.89. The number of halogens is 2. The van der Waals surface area contributed by atoms with E-state index in [2.05, 4.69) is 15.4 Å². The maximum atomic E-state index is 13.6. The molecular weight excluding hydrogens is 340 g/mol. The summed E-state index contributed by atoms with van der Waals surface area (Å²) in [6.07, 6.45) is -1.33. The van der Waals surface area contributed by atoms with Gasteiger partial charge in [-0.15, -0.1) is 0 Å². The Labute approximate surface area is 136 Å². The van der Waals surface area contributed by atoms with Gasteiger partial charge in [0.25, 0.3) is 5.91 Å². The van der Waals surface area contributed by atoms with Crippen LogP contribution >= 0.6 is 0 Å². The lowest BCUT2D eigenvalue weighted by molar-refractivity contribution is -0.117. The molecule has 2 aromatic carbocycles. The highest BCUT2D eigenvalue weighted by atomic mass is 32.2. The molecule has 3 N–H and O–H groups in total. The summed E-state index contributed by atoms with van der Waals surface area (Å²) in [7, 11) is -3.89. The Morgan fingerprint density at radius 1 is 1.17 bits per heavy atom. The average molecular weight is 353 g/mol. The van der Waals surface area contributed by atoms with Crippen LogP contribution in [0.4, 0.5) is 20.2 Å². The maximum absolute atomic E-state index is 13.6. The van der Waals surface area contributed by atoms with Gasteiger partial charge in [-0.2, -0.15) is 4.72 Å². The number of amides is 1. The molecule has 6 nitrogen and oxygen atoms in total. The van der Waals surface area contributed by atoms with Crippen molar-refractivity contribution in [3.8, 4) is 0 Å². The van der Waals surface area contributed by atoms with E-state index in [0.717, 1.165) is 17.7 Å². The zero-order valence-electron chi connectivity index (χ0n) is 12.4. The maximum Gasteiger partial charge on any atom is 0.262 e. The molecule has 0 saturated heterocycles. The molecule has 1 amide bonds. The topological polar surface area (TPSA) is 87.3 Å². The van der Waals surface area contributed by atoms with Gasteiger partial charge in [-0.1, -0.05) is 6.07 Å². The highest BCUT2D eigenvalue weighted by molar-refractivity contribution is 7.89. The van der Waals surface area contributed by atoms with Crippen molar-refractivity contribution in [1.82, 2.24) is 4.72 Å². The molecule has 126 valence electrons. The van der Waals surface area contributed by atoms with Crippen LogP contribution in [-0.2, 0) is 14.8 Å². The first kappa shape index (κ1) is 16.3. The van der Waals surface area contributed by atoms with Crippen LogP contribution < -0.4 is 15.4 Å². The molecule has 3 rings (SSSR count). The van der Waals surface area contributed by atoms with E-state index in [0.29, 0.717) is 6.07 Å². The quantitative estimate of drug-likeness (QED) is 0.770. The van der Waals surface area contributed by atoms with Crippen LogP contribution in [0.5, 0.6) is 0 Å². The van der Waals surface area contributed by atoms with Gasteiger partial charge in [0, 0.05) is 6.07 Å². The van der Waals surface area contributed by atoms with Gasteiger partial charge in [0.15, 0.2) is 6.17 Å². The van der Waals surface area contributed by atoms with Gasteiger partial charge in [-0.25, -0.2) is 17.2 Å². The molecule has 0 bridgehead atoms. The van der Waals surface area contributed by atoms with Crippen molar-refractivity contribution < 1.29 is 22.0 Å². The van der Waals surface area contributed by atoms with Gasteiger partial charge in [-0.05, 0) is 36.8 Å². The smallest absolute Gasteiger partial charge is 0.262 e. The van der Waals surface area contributed by atoms with Gasteiger partial charge in [0.2, 0.25) is 10.0 Å². The fraction of sp³-hybridized carbons (Fsp3) is 0.133. The molecule has 1 unspecified atom stereocenters. The molecule has 0 spiro atoms. The number of carbonyl (C=O) groups excluding carboxylic acids is 1. The van der Waals surface area contributed by atoms with Gasteiger partial charge >= 0.3 is 0 Å². The van der Waals surface area contributed by atoms with Crippen LogP contribution in [0.25, 0.3) is 0 Å². The Balaban J connectivity index is 1.87. The Morgan fingerprint density at radius 2 is 1.92 bits per heavy atom. The monoisotopic (exact) mass is 353 g/mol. The summed E-state index contributed by atoms with van der Waals surface area (Å²) in [4.78, 5) is 12.2. The first-order valence-corrected chi connectivity index (χ1v) is 8.40. The summed E-state index contributed by atoms with van der Waals surface area (Å²) < 4.78 is 53.1. The third-order valence-corrected chi connectivity index (χ3v) is 4.93. The lowest BCUT2D eigenvalue weighted by Crippen LogP contribution is -2.51. The Kier molecular flexibility index (Phi) is 3.98. The van der Waals surface area contributed by atoms with E-state index in [1.807, 2.05) is 0 Å². The van der Waals surface area contributed by atoms with Crippen molar-refractivity contribution in [3.63, 3.8) is 0 Å². The lowest BCUT2D eigenvalue weighted by atomic mass is 10.2. The predicted molar refractivity (Wildman–Crippen MR) is 83.9 cm³/mol. The molecule has 0 saturated carbocycles. The number of benzene rings is 2. The van der Waals surface area contributed by atoms with Crippen molar-refractivity contribution in [2.75, 3.05) is 10.6 Å². The summed E-state index contributed by atoms with van der Waals surface area (Å²) in [6.45, 7) is 1.78. The molecule has 0 aliphatic carbocycles. The zero-order chi connectivity index (χ0) is 17.5. The van der Waals surface area contributed by atoms with Crippen LogP contribution in [0.1, 0.15) is 5.56 Å². The van der Waals surface area contributed by atoms with Crippen molar-refractivity contribution in [1.29, 1.82) is 0 Å². The van der Waals surface area contributed by atoms with Crippen LogP contribution in [0.2, 0.25) is 0 Å². The van der Waals surface area contributed by atoms with Crippen molar-refractivity contribution >= 4 is 27.3 Å². The third kappa shape index (κ3) is 3.08. The average Bonchev–Trinajstić information content (AvgIpc) is 2.48. The summed E-state index contributed by atoms with van der Waals surface area (Å²) >= 11 is 0. The molecule has 9 heteroatoms. The van der Waals surface area contributed by atoms with Crippen LogP contribution in [-0.4, -0.2) is 20.5 Å². The minimum Gasteiger partial charge on any atom is -0.360 e. The Bertz CT molecular complexity index is 932. The highest BCUT2D eigenvalue weighted by Gasteiger charge is 2.33. The van der Waals surface area contributed by atoms with E-state index in [4.69, 9.17) is 0 Å². The molecule has 0 fully saturated rings. The Hall–Kier alpha value is -2.52. The van der Waals surface area contributed by atoms with Crippen molar-refractivity contribution in [3.05, 3.63) is 53.6 Å². The number of aryl methyl sites for hydroxylation is 1. The fourth-order valence-corrected chi connectivity index (χ4v) is 3.57. The second kappa shape index (κ2) is 5.84. The number of sulfonamides is 1. The van der Waals surface area contributed by atoms with Crippen LogP contribution in [0.3, 0.4) is 0 Å². The first-order chi connectivity index (χ1) is 11.3. The molecule has 1 aliphatic rings. The molecule has 1 heterocycles. The van der Waals surface area contributed by atoms with E-state index < -0.39 is 33.7 Å². The van der Waals surface area contributed by atoms with Gasteiger partial charge < -0.3 is 10.6 Å². The number of nitrogens with one attached hydrogen (secondary N) is 3. The minimum absolute atomic E-state index is 0.0186. The number of rotatable bonds is 2. The first-order valence-electron chi connectivity index (χ1n) is 6.92. The second-order valence-electron chi connectivity index (χ2n) is 5.31. The summed E-state index contributed by atoms with van der Waals surface area (Å²) in [5, 5.41) is 4.97.